The Bertz CT molecular complexity index is 388. The van der Waals surface area contributed by atoms with Gasteiger partial charge in [-0.15, -0.1) is 0 Å². The summed E-state index contributed by atoms with van der Waals surface area (Å²) in [5.74, 6) is 2.72. The Balaban J connectivity index is 1.62. The van der Waals surface area contributed by atoms with Crippen LogP contribution in [0.25, 0.3) is 0 Å². The first-order valence-electron chi connectivity index (χ1n) is 6.55. The second-order valence-corrected chi connectivity index (χ2v) is 4.87. The third-order valence-electron chi connectivity index (χ3n) is 3.33. The maximum Gasteiger partial charge on any atom is 0.163 e. The van der Waals surface area contributed by atoms with Crippen LogP contribution in [0.4, 0.5) is 5.69 Å². The molecule has 17 heavy (non-hydrogen) atoms. The van der Waals surface area contributed by atoms with E-state index in [9.17, 15) is 0 Å². The molecule has 1 heterocycles. The Morgan fingerprint density at radius 1 is 1.12 bits per heavy atom. The topological polar surface area (TPSA) is 30.5 Å². The van der Waals surface area contributed by atoms with Gasteiger partial charge < -0.3 is 14.8 Å². The average Bonchev–Trinajstić information content (AvgIpc) is 3.14. The second kappa shape index (κ2) is 4.86. The first-order valence-corrected chi connectivity index (χ1v) is 6.55. The summed E-state index contributed by atoms with van der Waals surface area (Å²) in [6.07, 6.45) is 5.08. The van der Waals surface area contributed by atoms with Gasteiger partial charge in [-0.3, -0.25) is 0 Å². The quantitative estimate of drug-likeness (QED) is 0.867. The standard InChI is InChI=1S/C14H19NO2/c1-8-16-13-5-4-12(10-14(13)17-9-1)15-7-6-11-2-3-11/h4-5,10-11,15H,1-3,6-9H2. The van der Waals surface area contributed by atoms with E-state index in [4.69, 9.17) is 9.47 Å². The van der Waals surface area contributed by atoms with Crippen LogP contribution in [0.1, 0.15) is 25.7 Å². The Morgan fingerprint density at radius 3 is 2.76 bits per heavy atom. The van der Waals surface area contributed by atoms with Gasteiger partial charge in [-0.05, 0) is 24.5 Å². The summed E-state index contributed by atoms with van der Waals surface area (Å²) in [5, 5.41) is 3.45. The highest BCUT2D eigenvalue weighted by Crippen LogP contribution is 2.34. The van der Waals surface area contributed by atoms with Crippen LogP contribution >= 0.6 is 0 Å². The van der Waals surface area contributed by atoms with E-state index in [0.717, 1.165) is 49.3 Å². The zero-order chi connectivity index (χ0) is 11.5. The minimum atomic E-state index is 0.749. The highest BCUT2D eigenvalue weighted by atomic mass is 16.5. The minimum Gasteiger partial charge on any atom is -0.490 e. The monoisotopic (exact) mass is 233 g/mol. The van der Waals surface area contributed by atoms with Gasteiger partial charge in [-0.25, -0.2) is 0 Å². The number of hydrogen-bond acceptors (Lipinski definition) is 3. The lowest BCUT2D eigenvalue weighted by Gasteiger charge is -2.10. The molecule has 1 N–H and O–H groups in total. The van der Waals surface area contributed by atoms with Gasteiger partial charge in [0.1, 0.15) is 0 Å². The zero-order valence-corrected chi connectivity index (χ0v) is 10.1. The molecule has 3 rings (SSSR count). The van der Waals surface area contributed by atoms with E-state index in [1.807, 2.05) is 12.1 Å². The van der Waals surface area contributed by atoms with Gasteiger partial charge in [0, 0.05) is 24.7 Å². The molecule has 92 valence electrons. The highest BCUT2D eigenvalue weighted by molar-refractivity contribution is 5.54. The summed E-state index contributed by atoms with van der Waals surface area (Å²) in [5.41, 5.74) is 1.13. The molecule has 0 spiro atoms. The van der Waals surface area contributed by atoms with Crippen molar-refractivity contribution in [3.05, 3.63) is 18.2 Å². The van der Waals surface area contributed by atoms with E-state index in [-0.39, 0.29) is 0 Å². The smallest absolute Gasteiger partial charge is 0.163 e. The van der Waals surface area contributed by atoms with E-state index in [2.05, 4.69) is 11.4 Å². The van der Waals surface area contributed by atoms with E-state index in [1.54, 1.807) is 0 Å². The molecule has 0 saturated heterocycles. The normalized spacial score (nSPS) is 18.6. The third-order valence-corrected chi connectivity index (χ3v) is 3.33. The summed E-state index contributed by atoms with van der Waals surface area (Å²) in [6.45, 7) is 2.56. The molecule has 1 saturated carbocycles. The van der Waals surface area contributed by atoms with Gasteiger partial charge in [0.05, 0.1) is 13.2 Å². The van der Waals surface area contributed by atoms with Crippen LogP contribution in [0.2, 0.25) is 0 Å². The maximum absolute atomic E-state index is 5.66. The SMILES string of the molecule is c1cc2c(cc1NCCC1CC1)OCCCO2. The Labute approximate surface area is 102 Å². The zero-order valence-electron chi connectivity index (χ0n) is 10.1. The molecule has 0 amide bonds. The minimum absolute atomic E-state index is 0.749. The lowest BCUT2D eigenvalue weighted by molar-refractivity contribution is 0.297. The molecule has 3 heteroatoms. The second-order valence-electron chi connectivity index (χ2n) is 4.87. The predicted molar refractivity (Wildman–Crippen MR) is 67.9 cm³/mol. The molecule has 1 aliphatic heterocycles. The van der Waals surface area contributed by atoms with Gasteiger partial charge in [0.2, 0.25) is 0 Å². The van der Waals surface area contributed by atoms with Crippen molar-refractivity contribution < 1.29 is 9.47 Å². The molecule has 0 bridgehead atoms. The fourth-order valence-corrected chi connectivity index (χ4v) is 2.10. The van der Waals surface area contributed by atoms with Crippen molar-refractivity contribution in [1.29, 1.82) is 0 Å². The first kappa shape index (κ1) is 10.8. The van der Waals surface area contributed by atoms with Crippen LogP contribution < -0.4 is 14.8 Å². The Hall–Kier alpha value is -1.38. The Morgan fingerprint density at radius 2 is 1.94 bits per heavy atom. The number of ether oxygens (including phenoxy) is 2. The maximum atomic E-state index is 5.66. The molecule has 3 nitrogen and oxygen atoms in total. The van der Waals surface area contributed by atoms with Crippen LogP contribution in [-0.2, 0) is 0 Å². The summed E-state index contributed by atoms with van der Waals surface area (Å²) in [6, 6.07) is 6.12. The van der Waals surface area contributed by atoms with Crippen molar-refractivity contribution in [3.63, 3.8) is 0 Å². The van der Waals surface area contributed by atoms with E-state index in [1.165, 1.54) is 19.3 Å². The summed E-state index contributed by atoms with van der Waals surface area (Å²) < 4.78 is 11.3. The fourth-order valence-electron chi connectivity index (χ4n) is 2.10. The van der Waals surface area contributed by atoms with Crippen molar-refractivity contribution in [2.75, 3.05) is 25.1 Å². The highest BCUT2D eigenvalue weighted by Gasteiger charge is 2.20. The van der Waals surface area contributed by atoms with Crippen molar-refractivity contribution in [3.8, 4) is 11.5 Å². The molecule has 0 atom stereocenters. The van der Waals surface area contributed by atoms with Gasteiger partial charge in [0.25, 0.3) is 0 Å². The van der Waals surface area contributed by atoms with Gasteiger partial charge in [-0.2, -0.15) is 0 Å². The number of rotatable bonds is 4. The van der Waals surface area contributed by atoms with E-state index < -0.39 is 0 Å². The average molecular weight is 233 g/mol. The van der Waals surface area contributed by atoms with Crippen LogP contribution in [0.15, 0.2) is 18.2 Å². The molecule has 1 aromatic carbocycles. The molecule has 1 fully saturated rings. The lowest BCUT2D eigenvalue weighted by Crippen LogP contribution is -2.02. The molecule has 2 aliphatic rings. The number of fused-ring (bicyclic) bond motifs is 1. The number of nitrogens with one attached hydrogen (secondary N) is 1. The van der Waals surface area contributed by atoms with Gasteiger partial charge >= 0.3 is 0 Å². The summed E-state index contributed by atoms with van der Waals surface area (Å²) in [7, 11) is 0. The first-order chi connectivity index (χ1) is 8.42. The Kier molecular flexibility index (Phi) is 3.08. The van der Waals surface area contributed by atoms with E-state index >= 15 is 0 Å². The van der Waals surface area contributed by atoms with Crippen molar-refractivity contribution >= 4 is 5.69 Å². The summed E-state index contributed by atoms with van der Waals surface area (Å²) >= 11 is 0. The molecule has 1 aromatic rings. The van der Waals surface area contributed by atoms with Crippen LogP contribution in [0, 0.1) is 5.92 Å². The summed E-state index contributed by atoms with van der Waals surface area (Å²) in [4.78, 5) is 0. The fraction of sp³-hybridized carbons (Fsp3) is 0.571. The number of hydrogen-bond donors (Lipinski definition) is 1. The molecule has 1 aliphatic carbocycles. The van der Waals surface area contributed by atoms with Gasteiger partial charge in [-0.1, -0.05) is 12.8 Å². The van der Waals surface area contributed by atoms with Gasteiger partial charge in [0.15, 0.2) is 11.5 Å². The number of anilines is 1. The number of benzene rings is 1. The van der Waals surface area contributed by atoms with Crippen molar-refractivity contribution in [1.82, 2.24) is 0 Å². The van der Waals surface area contributed by atoms with Crippen LogP contribution in [0.5, 0.6) is 11.5 Å². The molecular formula is C14H19NO2. The lowest BCUT2D eigenvalue weighted by atomic mass is 10.2. The predicted octanol–water partition coefficient (Wildman–Crippen LogP) is 3.06. The third kappa shape index (κ3) is 2.84. The van der Waals surface area contributed by atoms with Crippen molar-refractivity contribution in [2.24, 2.45) is 5.92 Å². The van der Waals surface area contributed by atoms with Crippen LogP contribution in [0.3, 0.4) is 0 Å². The van der Waals surface area contributed by atoms with Crippen LogP contribution in [-0.4, -0.2) is 19.8 Å². The molecule has 0 radical (unpaired) electrons. The largest absolute Gasteiger partial charge is 0.490 e. The van der Waals surface area contributed by atoms with E-state index in [0.29, 0.717) is 0 Å². The van der Waals surface area contributed by atoms with Crippen molar-refractivity contribution in [2.45, 2.75) is 25.7 Å². The molecule has 0 unspecified atom stereocenters. The molecule has 0 aromatic heterocycles. The molecular weight excluding hydrogens is 214 g/mol.